The van der Waals surface area contributed by atoms with Crippen molar-refractivity contribution < 1.29 is 14.3 Å². The van der Waals surface area contributed by atoms with Crippen LogP contribution in [0.15, 0.2) is 53.5 Å². The summed E-state index contributed by atoms with van der Waals surface area (Å²) in [6, 6.07) is 9.91. The molecule has 2 aromatic heterocycles. The summed E-state index contributed by atoms with van der Waals surface area (Å²) >= 11 is 3.34. The molecule has 0 saturated carbocycles. The molecule has 1 amide bonds. The largest absolute Gasteiger partial charge is 0.459 e. The Labute approximate surface area is 163 Å². The van der Waals surface area contributed by atoms with Crippen LogP contribution in [0.3, 0.4) is 0 Å². The number of nitrogens with zero attached hydrogens (tertiary/aromatic N) is 4. The Balaban J connectivity index is 1.75. The Morgan fingerprint density at radius 1 is 1.07 bits per heavy atom. The van der Waals surface area contributed by atoms with Crippen molar-refractivity contribution in [2.45, 2.75) is 20.0 Å². The number of carbonyl (C=O) groups excluding carboxylic acids is 2. The molecule has 0 unspecified atom stereocenters. The molecule has 0 saturated heterocycles. The normalized spacial score (nSPS) is 10.7. The highest BCUT2D eigenvalue weighted by Crippen LogP contribution is 2.19. The molecule has 138 valence electrons. The lowest BCUT2D eigenvalue weighted by molar-refractivity contribution is 0.0378. The third-order valence-electron chi connectivity index (χ3n) is 3.45. The molecule has 0 aliphatic rings. The predicted octanol–water partition coefficient (Wildman–Crippen LogP) is 3.24. The molecule has 0 atom stereocenters. The van der Waals surface area contributed by atoms with E-state index in [0.717, 1.165) is 0 Å². The number of carbonyl (C=O) groups is 2. The zero-order chi connectivity index (χ0) is 19.4. The van der Waals surface area contributed by atoms with Gasteiger partial charge in [-0.15, -0.1) is 10.2 Å². The van der Waals surface area contributed by atoms with E-state index in [1.165, 1.54) is 12.7 Å². The summed E-state index contributed by atoms with van der Waals surface area (Å²) in [4.78, 5) is 28.8. The van der Waals surface area contributed by atoms with Crippen molar-refractivity contribution in [1.29, 1.82) is 0 Å². The number of pyridine rings is 1. The zero-order valence-electron chi connectivity index (χ0n) is 14.6. The van der Waals surface area contributed by atoms with Gasteiger partial charge in [0.25, 0.3) is 5.91 Å². The third-order valence-corrected chi connectivity index (χ3v) is 4.09. The fraction of sp³-hybridized carbons (Fsp3) is 0.167. The van der Waals surface area contributed by atoms with Gasteiger partial charge in [-0.3, -0.25) is 9.36 Å². The van der Waals surface area contributed by atoms with Gasteiger partial charge in [0, 0.05) is 10.2 Å². The summed E-state index contributed by atoms with van der Waals surface area (Å²) in [5.74, 6) is -0.289. The lowest BCUT2D eigenvalue weighted by Gasteiger charge is -2.10. The fourth-order valence-corrected chi connectivity index (χ4v) is 2.62. The summed E-state index contributed by atoms with van der Waals surface area (Å²) < 4.78 is 7.28. The average molecular weight is 430 g/mol. The highest BCUT2D eigenvalue weighted by atomic mass is 79.9. The Morgan fingerprint density at radius 2 is 1.74 bits per heavy atom. The molecule has 0 aliphatic carbocycles. The second kappa shape index (κ2) is 8.09. The number of aromatic nitrogens is 4. The Kier molecular flexibility index (Phi) is 5.60. The third kappa shape index (κ3) is 4.56. The van der Waals surface area contributed by atoms with Crippen LogP contribution in [0, 0.1) is 0 Å². The predicted molar refractivity (Wildman–Crippen MR) is 102 cm³/mol. The van der Waals surface area contributed by atoms with Gasteiger partial charge in [-0.2, -0.15) is 0 Å². The number of hydrogen-bond acceptors (Lipinski definition) is 6. The highest BCUT2D eigenvalue weighted by molar-refractivity contribution is 9.10. The molecule has 0 fully saturated rings. The van der Waals surface area contributed by atoms with Gasteiger partial charge >= 0.3 is 5.97 Å². The number of halogens is 1. The molecule has 2 heterocycles. The van der Waals surface area contributed by atoms with Gasteiger partial charge in [0.05, 0.1) is 11.7 Å². The van der Waals surface area contributed by atoms with Crippen LogP contribution < -0.4 is 5.32 Å². The molecule has 0 spiro atoms. The van der Waals surface area contributed by atoms with Gasteiger partial charge in [0.2, 0.25) is 0 Å². The minimum absolute atomic E-state index is 0.196. The van der Waals surface area contributed by atoms with Crippen molar-refractivity contribution in [2.75, 3.05) is 5.32 Å². The fourth-order valence-electron chi connectivity index (χ4n) is 2.22. The molecule has 9 heteroatoms. The van der Waals surface area contributed by atoms with Gasteiger partial charge in [0.1, 0.15) is 24.2 Å². The maximum absolute atomic E-state index is 12.6. The molecule has 1 aromatic carbocycles. The quantitative estimate of drug-likeness (QED) is 0.624. The van der Waals surface area contributed by atoms with Gasteiger partial charge in [-0.25, -0.2) is 9.78 Å². The van der Waals surface area contributed by atoms with Crippen molar-refractivity contribution in [3.63, 3.8) is 0 Å². The van der Waals surface area contributed by atoms with E-state index in [2.05, 4.69) is 36.4 Å². The second-order valence-electron chi connectivity index (χ2n) is 5.85. The van der Waals surface area contributed by atoms with E-state index in [1.54, 1.807) is 54.8 Å². The first-order valence-corrected chi connectivity index (χ1v) is 8.87. The Hall–Kier alpha value is -3.07. The maximum Gasteiger partial charge on any atom is 0.338 e. The molecule has 0 radical (unpaired) electrons. The van der Waals surface area contributed by atoms with Crippen molar-refractivity contribution in [1.82, 2.24) is 19.7 Å². The van der Waals surface area contributed by atoms with Crippen molar-refractivity contribution in [2.24, 2.45) is 0 Å². The van der Waals surface area contributed by atoms with Crippen LogP contribution >= 0.6 is 15.9 Å². The standard InChI is InChI=1S/C18H16BrN5O3/c1-11(2)27-18(26)12-3-5-13(6-4-12)22-17(25)16-14(19)7-8-15(23-16)24-9-20-21-10-24/h3-11H,1-2H3,(H,22,25). The highest BCUT2D eigenvalue weighted by Gasteiger charge is 2.15. The van der Waals surface area contributed by atoms with Gasteiger partial charge in [-0.05, 0) is 66.2 Å². The molecule has 8 nitrogen and oxygen atoms in total. The zero-order valence-corrected chi connectivity index (χ0v) is 16.2. The first-order chi connectivity index (χ1) is 12.9. The van der Waals surface area contributed by atoms with E-state index in [1.807, 2.05) is 0 Å². The number of hydrogen-bond donors (Lipinski definition) is 1. The number of esters is 1. The van der Waals surface area contributed by atoms with Gasteiger partial charge < -0.3 is 10.1 Å². The van der Waals surface area contributed by atoms with E-state index in [4.69, 9.17) is 4.74 Å². The molecular weight excluding hydrogens is 414 g/mol. The lowest BCUT2D eigenvalue weighted by Crippen LogP contribution is -2.16. The van der Waals surface area contributed by atoms with Crippen molar-refractivity contribution in [3.8, 4) is 5.82 Å². The van der Waals surface area contributed by atoms with Crippen LogP contribution in [-0.2, 0) is 4.74 Å². The Bertz CT molecular complexity index is 956. The summed E-state index contributed by atoms with van der Waals surface area (Å²) in [6.07, 6.45) is 2.79. The first-order valence-electron chi connectivity index (χ1n) is 8.08. The van der Waals surface area contributed by atoms with Gasteiger partial charge in [-0.1, -0.05) is 0 Å². The summed E-state index contributed by atoms with van der Waals surface area (Å²) in [5.41, 5.74) is 1.16. The minimum atomic E-state index is -0.408. The number of anilines is 1. The molecule has 1 N–H and O–H groups in total. The van der Waals surface area contributed by atoms with E-state index in [-0.39, 0.29) is 11.8 Å². The monoisotopic (exact) mass is 429 g/mol. The number of amides is 1. The minimum Gasteiger partial charge on any atom is -0.459 e. The summed E-state index contributed by atoms with van der Waals surface area (Å²) in [6.45, 7) is 3.57. The number of benzene rings is 1. The van der Waals surface area contributed by atoms with E-state index in [9.17, 15) is 9.59 Å². The van der Waals surface area contributed by atoms with Crippen molar-refractivity contribution in [3.05, 3.63) is 64.8 Å². The molecule has 0 bridgehead atoms. The van der Waals surface area contributed by atoms with Crippen LogP contribution in [0.4, 0.5) is 5.69 Å². The maximum atomic E-state index is 12.6. The average Bonchev–Trinajstić information content (AvgIpc) is 3.16. The van der Waals surface area contributed by atoms with E-state index >= 15 is 0 Å². The van der Waals surface area contributed by atoms with Gasteiger partial charge in [0.15, 0.2) is 0 Å². The molecule has 3 aromatic rings. The molecule has 3 rings (SSSR count). The van der Waals surface area contributed by atoms with Crippen LogP contribution in [0.1, 0.15) is 34.7 Å². The first kappa shape index (κ1) is 18.7. The number of ether oxygens (including phenoxy) is 1. The van der Waals surface area contributed by atoms with Crippen LogP contribution in [0.5, 0.6) is 0 Å². The smallest absolute Gasteiger partial charge is 0.338 e. The number of nitrogens with one attached hydrogen (secondary N) is 1. The lowest BCUT2D eigenvalue weighted by atomic mass is 10.2. The second-order valence-corrected chi connectivity index (χ2v) is 6.71. The molecular formula is C18H16BrN5O3. The van der Waals surface area contributed by atoms with E-state index in [0.29, 0.717) is 21.5 Å². The Morgan fingerprint density at radius 3 is 2.37 bits per heavy atom. The SMILES string of the molecule is CC(C)OC(=O)c1ccc(NC(=O)c2nc(-n3cnnc3)ccc2Br)cc1. The van der Waals surface area contributed by atoms with Crippen LogP contribution in [0.25, 0.3) is 5.82 Å². The van der Waals surface area contributed by atoms with Crippen LogP contribution in [0.2, 0.25) is 0 Å². The summed E-state index contributed by atoms with van der Waals surface area (Å²) in [5, 5.41) is 10.2. The molecule has 0 aliphatic heterocycles. The molecule has 27 heavy (non-hydrogen) atoms. The topological polar surface area (TPSA) is 99.0 Å². The van der Waals surface area contributed by atoms with E-state index < -0.39 is 11.9 Å². The summed E-state index contributed by atoms with van der Waals surface area (Å²) in [7, 11) is 0. The number of rotatable bonds is 5. The van der Waals surface area contributed by atoms with Crippen molar-refractivity contribution >= 4 is 33.5 Å². The van der Waals surface area contributed by atoms with Crippen LogP contribution in [-0.4, -0.2) is 37.7 Å².